The van der Waals surface area contributed by atoms with Crippen LogP contribution < -0.4 is 0 Å². The molecule has 1 amide bonds. The third-order valence-electron chi connectivity index (χ3n) is 2.43. The standard InChI is InChI=1S/C11H20N2O4/c1-11(2,3)17-10(15)13-7-8(6-12(13)4)9(14)16-5/h8H,6-7H2,1-5H3. The lowest BCUT2D eigenvalue weighted by molar-refractivity contribution is -0.144. The lowest BCUT2D eigenvalue weighted by atomic mass is 10.1. The molecule has 1 aliphatic rings. The highest BCUT2D eigenvalue weighted by molar-refractivity contribution is 5.75. The molecular weight excluding hydrogens is 224 g/mol. The number of carbonyl (C=O) groups is 2. The zero-order valence-corrected chi connectivity index (χ0v) is 11.0. The molecule has 0 bridgehead atoms. The third-order valence-corrected chi connectivity index (χ3v) is 2.43. The van der Waals surface area contributed by atoms with E-state index >= 15 is 0 Å². The molecular formula is C11H20N2O4. The molecule has 0 aromatic heterocycles. The summed E-state index contributed by atoms with van der Waals surface area (Å²) in [6.07, 6.45) is -0.439. The minimum absolute atomic E-state index is 0.303. The quantitative estimate of drug-likeness (QED) is 0.641. The number of hydrogen-bond acceptors (Lipinski definition) is 5. The van der Waals surface area contributed by atoms with Crippen LogP contribution in [-0.4, -0.2) is 54.9 Å². The predicted octanol–water partition coefficient (Wildman–Crippen LogP) is 0.873. The van der Waals surface area contributed by atoms with Gasteiger partial charge in [0.2, 0.25) is 0 Å². The first kappa shape index (κ1) is 13.8. The summed E-state index contributed by atoms with van der Waals surface area (Å²) < 4.78 is 9.91. The molecule has 0 aromatic carbocycles. The summed E-state index contributed by atoms with van der Waals surface area (Å²) in [5, 5.41) is 3.10. The van der Waals surface area contributed by atoms with Crippen molar-refractivity contribution in [1.29, 1.82) is 0 Å². The second kappa shape index (κ2) is 4.91. The Morgan fingerprint density at radius 3 is 2.29 bits per heavy atom. The monoisotopic (exact) mass is 244 g/mol. The van der Waals surface area contributed by atoms with E-state index in [0.717, 1.165) is 0 Å². The molecule has 1 aliphatic heterocycles. The number of esters is 1. The average Bonchev–Trinajstić information content (AvgIpc) is 2.56. The van der Waals surface area contributed by atoms with E-state index in [4.69, 9.17) is 4.74 Å². The van der Waals surface area contributed by atoms with Crippen molar-refractivity contribution in [3.63, 3.8) is 0 Å². The van der Waals surface area contributed by atoms with Crippen LogP contribution in [0, 0.1) is 5.92 Å². The molecule has 0 saturated carbocycles. The van der Waals surface area contributed by atoms with Gasteiger partial charge in [-0.25, -0.2) is 14.8 Å². The summed E-state index contributed by atoms with van der Waals surface area (Å²) in [6.45, 7) is 6.18. The first-order chi connectivity index (χ1) is 7.74. The largest absolute Gasteiger partial charge is 0.469 e. The minimum Gasteiger partial charge on any atom is -0.469 e. The van der Waals surface area contributed by atoms with Gasteiger partial charge in [-0.3, -0.25) is 4.79 Å². The first-order valence-corrected chi connectivity index (χ1v) is 5.54. The number of methoxy groups -OCH3 is 1. The summed E-state index contributed by atoms with van der Waals surface area (Å²) >= 11 is 0. The molecule has 0 radical (unpaired) electrons. The summed E-state index contributed by atoms with van der Waals surface area (Å²) in [6, 6.07) is 0. The smallest absolute Gasteiger partial charge is 0.424 e. The topological polar surface area (TPSA) is 59.1 Å². The lowest BCUT2D eigenvalue weighted by Gasteiger charge is -2.27. The first-order valence-electron chi connectivity index (χ1n) is 5.54. The molecule has 6 heteroatoms. The van der Waals surface area contributed by atoms with Gasteiger partial charge in [0.25, 0.3) is 0 Å². The molecule has 1 rings (SSSR count). The molecule has 0 aliphatic carbocycles. The number of amides is 1. The SMILES string of the molecule is COC(=O)C1CN(C)N(C(=O)OC(C)(C)C)C1. The lowest BCUT2D eigenvalue weighted by Crippen LogP contribution is -2.42. The third kappa shape index (κ3) is 3.59. The Morgan fingerprint density at radius 2 is 1.82 bits per heavy atom. The molecule has 1 unspecified atom stereocenters. The molecule has 17 heavy (non-hydrogen) atoms. The summed E-state index contributed by atoms with van der Waals surface area (Å²) in [7, 11) is 3.09. The van der Waals surface area contributed by atoms with Gasteiger partial charge < -0.3 is 9.47 Å². The highest BCUT2D eigenvalue weighted by Crippen LogP contribution is 2.19. The molecule has 0 N–H and O–H groups in total. The van der Waals surface area contributed by atoms with E-state index in [1.165, 1.54) is 12.1 Å². The second-order valence-electron chi connectivity index (χ2n) is 5.12. The van der Waals surface area contributed by atoms with Crippen molar-refractivity contribution in [2.45, 2.75) is 26.4 Å². The minimum atomic E-state index is -0.540. The average molecular weight is 244 g/mol. The van der Waals surface area contributed by atoms with Gasteiger partial charge in [0.1, 0.15) is 5.60 Å². The van der Waals surface area contributed by atoms with E-state index in [2.05, 4.69) is 4.74 Å². The molecule has 1 heterocycles. The van der Waals surface area contributed by atoms with Gasteiger partial charge >= 0.3 is 12.1 Å². The number of carbonyl (C=O) groups excluding carboxylic acids is 2. The Bertz CT molecular complexity index is 311. The molecule has 0 spiro atoms. The van der Waals surface area contributed by atoms with Crippen LogP contribution in [0.15, 0.2) is 0 Å². The van der Waals surface area contributed by atoms with Crippen molar-refractivity contribution in [3.05, 3.63) is 0 Å². The van der Waals surface area contributed by atoms with Gasteiger partial charge in [-0.2, -0.15) is 0 Å². The van der Waals surface area contributed by atoms with Crippen LogP contribution in [0.3, 0.4) is 0 Å². The summed E-state index contributed by atoms with van der Waals surface area (Å²) in [5.74, 6) is -0.611. The second-order valence-corrected chi connectivity index (χ2v) is 5.12. The molecule has 6 nitrogen and oxygen atoms in total. The van der Waals surface area contributed by atoms with Crippen molar-refractivity contribution in [2.24, 2.45) is 5.92 Å². The van der Waals surface area contributed by atoms with Crippen LogP contribution >= 0.6 is 0 Å². The molecule has 0 aromatic rings. The number of hydrogen-bond donors (Lipinski definition) is 0. The van der Waals surface area contributed by atoms with Crippen molar-refractivity contribution in [2.75, 3.05) is 27.2 Å². The van der Waals surface area contributed by atoms with Crippen LogP contribution in [0.4, 0.5) is 4.79 Å². The number of nitrogens with zero attached hydrogens (tertiary/aromatic N) is 2. The van der Waals surface area contributed by atoms with Crippen LogP contribution in [-0.2, 0) is 14.3 Å². The van der Waals surface area contributed by atoms with Crippen molar-refractivity contribution < 1.29 is 19.1 Å². The van der Waals surface area contributed by atoms with E-state index in [9.17, 15) is 9.59 Å². The van der Waals surface area contributed by atoms with Crippen LogP contribution in [0.5, 0.6) is 0 Å². The number of rotatable bonds is 1. The maximum absolute atomic E-state index is 11.8. The molecule has 98 valence electrons. The summed E-state index contributed by atoms with van der Waals surface area (Å²) in [4.78, 5) is 23.2. The van der Waals surface area contributed by atoms with E-state index in [-0.39, 0.29) is 11.9 Å². The Hall–Kier alpha value is -1.30. The van der Waals surface area contributed by atoms with Crippen molar-refractivity contribution in [1.82, 2.24) is 10.0 Å². The maximum Gasteiger partial charge on any atom is 0.424 e. The molecule has 1 atom stereocenters. The van der Waals surface area contributed by atoms with E-state index in [1.54, 1.807) is 32.8 Å². The van der Waals surface area contributed by atoms with Crippen LogP contribution in [0.25, 0.3) is 0 Å². The molecule has 1 saturated heterocycles. The van der Waals surface area contributed by atoms with E-state index in [0.29, 0.717) is 13.1 Å². The zero-order chi connectivity index (χ0) is 13.2. The fraction of sp³-hybridized carbons (Fsp3) is 0.818. The van der Waals surface area contributed by atoms with Crippen molar-refractivity contribution in [3.8, 4) is 0 Å². The highest BCUT2D eigenvalue weighted by Gasteiger charge is 2.37. The van der Waals surface area contributed by atoms with Gasteiger partial charge in [-0.1, -0.05) is 0 Å². The van der Waals surface area contributed by atoms with Gasteiger partial charge in [0.05, 0.1) is 19.6 Å². The predicted molar refractivity (Wildman–Crippen MR) is 61.1 cm³/mol. The molecule has 1 fully saturated rings. The Morgan fingerprint density at radius 1 is 1.24 bits per heavy atom. The number of ether oxygens (including phenoxy) is 2. The maximum atomic E-state index is 11.8. The Labute approximate surface area is 101 Å². The van der Waals surface area contributed by atoms with Crippen molar-refractivity contribution >= 4 is 12.1 Å². The normalized spacial score (nSPS) is 21.5. The highest BCUT2D eigenvalue weighted by atomic mass is 16.6. The Kier molecular flexibility index (Phi) is 3.98. The van der Waals surface area contributed by atoms with E-state index < -0.39 is 11.7 Å². The zero-order valence-electron chi connectivity index (χ0n) is 11.0. The van der Waals surface area contributed by atoms with Gasteiger partial charge in [0.15, 0.2) is 0 Å². The van der Waals surface area contributed by atoms with Gasteiger partial charge in [-0.15, -0.1) is 0 Å². The fourth-order valence-electron chi connectivity index (χ4n) is 1.67. The summed E-state index contributed by atoms with van der Waals surface area (Å²) in [5.41, 5.74) is -0.540. The van der Waals surface area contributed by atoms with Gasteiger partial charge in [-0.05, 0) is 20.8 Å². The van der Waals surface area contributed by atoms with Gasteiger partial charge in [0, 0.05) is 13.6 Å². The fourth-order valence-corrected chi connectivity index (χ4v) is 1.67. The van der Waals surface area contributed by atoms with Crippen LogP contribution in [0.2, 0.25) is 0 Å². The Balaban J connectivity index is 2.62. The number of hydrazine groups is 1. The van der Waals surface area contributed by atoms with E-state index in [1.807, 2.05) is 0 Å². The van der Waals surface area contributed by atoms with Crippen LogP contribution in [0.1, 0.15) is 20.8 Å².